The Kier molecular flexibility index (Phi) is 5.70. The van der Waals surface area contributed by atoms with Gasteiger partial charge in [-0.2, -0.15) is 0 Å². The molecule has 1 atom stereocenters. The molecule has 2 aliphatic rings. The van der Waals surface area contributed by atoms with Crippen LogP contribution in [-0.4, -0.2) is 40.9 Å². The summed E-state index contributed by atoms with van der Waals surface area (Å²) in [6, 6.07) is 12.4. The molecule has 4 rings (SSSR count). The summed E-state index contributed by atoms with van der Waals surface area (Å²) < 4.78 is 0. The first-order valence-electron chi connectivity index (χ1n) is 10.4. The van der Waals surface area contributed by atoms with E-state index in [2.05, 4.69) is 64.4 Å². The quantitative estimate of drug-likeness (QED) is 0.795. The summed E-state index contributed by atoms with van der Waals surface area (Å²) in [5.74, 6) is 1.31. The number of nitrogens with one attached hydrogen (secondary N) is 1. The van der Waals surface area contributed by atoms with Crippen LogP contribution in [0.5, 0.6) is 0 Å². The van der Waals surface area contributed by atoms with Crippen LogP contribution < -0.4 is 5.32 Å². The van der Waals surface area contributed by atoms with Crippen molar-refractivity contribution in [3.8, 4) is 0 Å². The summed E-state index contributed by atoms with van der Waals surface area (Å²) in [4.78, 5) is 13.5. The number of hydrogen-bond donors (Lipinski definition) is 1. The molecule has 5 heteroatoms. The smallest absolute Gasteiger partial charge is 0.206 e. The molecule has 1 aromatic heterocycles. The van der Waals surface area contributed by atoms with Gasteiger partial charge in [0.05, 0.1) is 5.70 Å². The van der Waals surface area contributed by atoms with Crippen LogP contribution in [0.1, 0.15) is 24.0 Å². The SMILES string of the molecule is C=C(Nc1cccc(C)c1)C1CCCN(C2=NC(c3ccncc3)=CC(=C)N2C)C1. The minimum absolute atomic E-state index is 0.360. The van der Waals surface area contributed by atoms with E-state index in [1.807, 2.05) is 25.3 Å². The lowest BCUT2D eigenvalue weighted by Crippen LogP contribution is -2.48. The molecule has 154 valence electrons. The minimum atomic E-state index is 0.360. The highest BCUT2D eigenvalue weighted by molar-refractivity contribution is 5.91. The highest BCUT2D eigenvalue weighted by atomic mass is 15.4. The normalized spacial score (nSPS) is 19.3. The second kappa shape index (κ2) is 8.57. The molecule has 5 nitrogen and oxygen atoms in total. The molecular formula is C25H29N5. The first-order valence-corrected chi connectivity index (χ1v) is 10.4. The molecule has 0 saturated carbocycles. The first-order chi connectivity index (χ1) is 14.5. The van der Waals surface area contributed by atoms with Gasteiger partial charge in [0.15, 0.2) is 0 Å². The first kappa shape index (κ1) is 20.0. The fraction of sp³-hybridized carbons (Fsp3) is 0.280. The number of anilines is 1. The zero-order valence-corrected chi connectivity index (χ0v) is 17.8. The van der Waals surface area contributed by atoms with Crippen molar-refractivity contribution in [1.82, 2.24) is 14.8 Å². The summed E-state index contributed by atoms with van der Waals surface area (Å²) in [6.45, 7) is 12.6. The van der Waals surface area contributed by atoms with Crippen LogP contribution in [0.3, 0.4) is 0 Å². The van der Waals surface area contributed by atoms with Crippen molar-refractivity contribution in [3.05, 3.63) is 90.5 Å². The number of piperidine rings is 1. The number of likely N-dealkylation sites (N-methyl/N-ethyl adjacent to an activating group) is 1. The van der Waals surface area contributed by atoms with Crippen LogP contribution in [0.25, 0.3) is 5.70 Å². The van der Waals surface area contributed by atoms with Gasteiger partial charge >= 0.3 is 0 Å². The van der Waals surface area contributed by atoms with Crippen molar-refractivity contribution >= 4 is 17.3 Å². The van der Waals surface area contributed by atoms with Crippen LogP contribution in [0.15, 0.2) is 84.4 Å². The maximum absolute atomic E-state index is 4.99. The molecule has 0 amide bonds. The number of benzene rings is 1. The molecular weight excluding hydrogens is 370 g/mol. The van der Waals surface area contributed by atoms with Gasteiger partial charge in [0.1, 0.15) is 0 Å². The largest absolute Gasteiger partial charge is 0.359 e. The average Bonchev–Trinajstić information content (AvgIpc) is 2.76. The Hall–Kier alpha value is -3.34. The van der Waals surface area contributed by atoms with E-state index in [1.54, 1.807) is 12.4 Å². The molecule has 1 fully saturated rings. The number of aryl methyl sites for hydroxylation is 1. The minimum Gasteiger partial charge on any atom is -0.359 e. The maximum Gasteiger partial charge on any atom is 0.206 e. The van der Waals surface area contributed by atoms with E-state index in [9.17, 15) is 0 Å². The lowest BCUT2D eigenvalue weighted by Gasteiger charge is -2.40. The van der Waals surface area contributed by atoms with Gasteiger partial charge in [-0.3, -0.25) is 4.98 Å². The molecule has 1 N–H and O–H groups in total. The van der Waals surface area contributed by atoms with Crippen molar-refractivity contribution in [3.63, 3.8) is 0 Å². The van der Waals surface area contributed by atoms with E-state index in [4.69, 9.17) is 4.99 Å². The molecule has 30 heavy (non-hydrogen) atoms. The van der Waals surface area contributed by atoms with Crippen LogP contribution in [0.2, 0.25) is 0 Å². The van der Waals surface area contributed by atoms with Gasteiger partial charge in [-0.15, -0.1) is 0 Å². The van der Waals surface area contributed by atoms with Crippen LogP contribution in [-0.2, 0) is 0 Å². The molecule has 0 spiro atoms. The fourth-order valence-electron chi connectivity index (χ4n) is 4.00. The topological polar surface area (TPSA) is 43.8 Å². The zero-order valence-electron chi connectivity index (χ0n) is 17.8. The Balaban J connectivity index is 1.51. The van der Waals surface area contributed by atoms with E-state index >= 15 is 0 Å². The molecule has 2 aliphatic heterocycles. The van der Waals surface area contributed by atoms with Crippen LogP contribution in [0, 0.1) is 12.8 Å². The van der Waals surface area contributed by atoms with Crippen LogP contribution in [0.4, 0.5) is 5.69 Å². The zero-order chi connectivity index (χ0) is 21.1. The number of rotatable bonds is 4. The summed E-state index contributed by atoms with van der Waals surface area (Å²) in [6.07, 6.45) is 7.85. The lowest BCUT2D eigenvalue weighted by molar-refractivity contribution is 0.264. The number of guanidine groups is 1. The maximum atomic E-state index is 4.99. The fourth-order valence-corrected chi connectivity index (χ4v) is 4.00. The van der Waals surface area contributed by atoms with Gasteiger partial charge in [-0.25, -0.2) is 4.99 Å². The molecule has 1 unspecified atom stereocenters. The number of allylic oxidation sites excluding steroid dienone is 1. The van der Waals surface area contributed by atoms with Crippen molar-refractivity contribution < 1.29 is 0 Å². The van der Waals surface area contributed by atoms with Crippen molar-refractivity contribution in [2.24, 2.45) is 10.9 Å². The molecule has 1 saturated heterocycles. The monoisotopic (exact) mass is 399 g/mol. The summed E-state index contributed by atoms with van der Waals surface area (Å²) in [5.41, 5.74) is 6.31. The summed E-state index contributed by atoms with van der Waals surface area (Å²) in [7, 11) is 2.03. The summed E-state index contributed by atoms with van der Waals surface area (Å²) in [5, 5.41) is 3.52. The number of hydrogen-bond acceptors (Lipinski definition) is 5. The van der Waals surface area contributed by atoms with Gasteiger partial charge in [0.2, 0.25) is 5.96 Å². The Morgan fingerprint density at radius 2 is 2.00 bits per heavy atom. The molecule has 0 aliphatic carbocycles. The van der Waals surface area contributed by atoms with Crippen molar-refractivity contribution in [1.29, 1.82) is 0 Å². The molecule has 3 heterocycles. The van der Waals surface area contributed by atoms with E-state index in [1.165, 1.54) is 5.56 Å². The Morgan fingerprint density at radius 1 is 1.20 bits per heavy atom. The number of likely N-dealkylation sites (tertiary alicyclic amines) is 1. The number of pyridine rings is 1. The number of nitrogens with zero attached hydrogens (tertiary/aromatic N) is 4. The van der Waals surface area contributed by atoms with Gasteiger partial charge < -0.3 is 15.1 Å². The van der Waals surface area contributed by atoms with Gasteiger partial charge in [-0.1, -0.05) is 25.3 Å². The summed E-state index contributed by atoms with van der Waals surface area (Å²) >= 11 is 0. The molecule has 2 aromatic rings. The van der Waals surface area contributed by atoms with Crippen molar-refractivity contribution in [2.45, 2.75) is 19.8 Å². The number of aliphatic imine (C=N–C) groups is 1. The lowest BCUT2D eigenvalue weighted by atomic mass is 9.95. The van der Waals surface area contributed by atoms with Gasteiger partial charge in [-0.05, 0) is 55.7 Å². The Morgan fingerprint density at radius 3 is 2.77 bits per heavy atom. The third-order valence-electron chi connectivity index (χ3n) is 5.75. The van der Waals surface area contributed by atoms with E-state index < -0.39 is 0 Å². The standard InChI is InChI=1S/C25H29N5/c1-18-7-5-9-23(15-18)27-20(3)22-8-6-14-30(17-22)25-28-24(16-19(2)29(25)4)21-10-12-26-13-11-21/h5,7,9-13,15-16,22,27H,2-3,6,8,14,17H2,1,4H3. The van der Waals surface area contributed by atoms with E-state index in [-0.39, 0.29) is 0 Å². The van der Waals surface area contributed by atoms with Gasteiger partial charge in [0.25, 0.3) is 0 Å². The predicted octanol–water partition coefficient (Wildman–Crippen LogP) is 4.88. The number of aromatic nitrogens is 1. The third-order valence-corrected chi connectivity index (χ3v) is 5.75. The Bertz CT molecular complexity index is 1010. The van der Waals surface area contributed by atoms with E-state index in [0.717, 1.165) is 60.2 Å². The highest BCUT2D eigenvalue weighted by Crippen LogP contribution is 2.29. The highest BCUT2D eigenvalue weighted by Gasteiger charge is 2.28. The second-order valence-corrected chi connectivity index (χ2v) is 8.03. The van der Waals surface area contributed by atoms with Gasteiger partial charge in [0, 0.05) is 61.1 Å². The van der Waals surface area contributed by atoms with E-state index in [0.29, 0.717) is 5.92 Å². The molecule has 0 bridgehead atoms. The molecule has 0 radical (unpaired) electrons. The average molecular weight is 400 g/mol. The van der Waals surface area contributed by atoms with Crippen LogP contribution >= 0.6 is 0 Å². The second-order valence-electron chi connectivity index (χ2n) is 8.03. The Labute approximate surface area is 179 Å². The third kappa shape index (κ3) is 4.30. The molecule has 1 aromatic carbocycles. The predicted molar refractivity (Wildman–Crippen MR) is 125 cm³/mol. The van der Waals surface area contributed by atoms with Crippen molar-refractivity contribution in [2.75, 3.05) is 25.5 Å².